The van der Waals surface area contributed by atoms with Crippen molar-refractivity contribution in [3.63, 3.8) is 0 Å². The Morgan fingerprint density at radius 1 is 1.14 bits per heavy atom. The van der Waals surface area contributed by atoms with Gasteiger partial charge < -0.3 is 14.4 Å². The predicted molar refractivity (Wildman–Crippen MR) is 175 cm³/mol. The highest BCUT2D eigenvalue weighted by Gasteiger charge is 2.37. The van der Waals surface area contributed by atoms with Crippen molar-refractivity contribution < 1.29 is 39.7 Å². The molecule has 0 radical (unpaired) electrons. The van der Waals surface area contributed by atoms with Crippen LogP contribution in [-0.4, -0.2) is 76.4 Å². The number of hydrogen-bond acceptors (Lipinski definition) is 11. The molecule has 15 heteroatoms. The van der Waals surface area contributed by atoms with Gasteiger partial charge in [0.1, 0.15) is 16.2 Å². The maximum absolute atomic E-state index is 12.3. The molecule has 1 aliphatic heterocycles. The topological polar surface area (TPSA) is 135 Å². The van der Waals surface area contributed by atoms with Crippen LogP contribution in [0.5, 0.6) is 5.75 Å². The molecular formula is C29H40N3O8S4+. The number of aromatic nitrogens is 1. The monoisotopic (exact) mass is 686 g/mol. The number of hydroxylamine groups is 1. The first-order chi connectivity index (χ1) is 21.0. The molecule has 2 atom stereocenters. The van der Waals surface area contributed by atoms with Gasteiger partial charge in [-0.05, 0) is 48.8 Å². The molecule has 0 bridgehead atoms. The number of ether oxygens (including phenoxy) is 2. The van der Waals surface area contributed by atoms with E-state index in [9.17, 15) is 21.4 Å². The van der Waals surface area contributed by atoms with Gasteiger partial charge in [0.05, 0.1) is 48.1 Å². The Balaban J connectivity index is 1.68. The summed E-state index contributed by atoms with van der Waals surface area (Å²) in [6.45, 7) is 5.12. The zero-order valence-electron chi connectivity index (χ0n) is 25.3. The van der Waals surface area contributed by atoms with Gasteiger partial charge in [-0.1, -0.05) is 43.0 Å². The zero-order valence-corrected chi connectivity index (χ0v) is 28.5. The number of aryl methyl sites for hydroxylation is 1. The second kappa shape index (κ2) is 15.3. The van der Waals surface area contributed by atoms with E-state index in [1.807, 2.05) is 30.4 Å². The van der Waals surface area contributed by atoms with E-state index in [1.54, 1.807) is 44.2 Å². The number of fused-ring (bicyclic) bond motifs is 2. The fourth-order valence-corrected chi connectivity index (χ4v) is 8.85. The third-order valence-corrected chi connectivity index (χ3v) is 11.5. The summed E-state index contributed by atoms with van der Waals surface area (Å²) >= 11 is 3.32. The van der Waals surface area contributed by atoms with Gasteiger partial charge in [0, 0.05) is 25.6 Å². The number of nitrogens with zero attached hydrogens (tertiary/aromatic N) is 2. The summed E-state index contributed by atoms with van der Waals surface area (Å²) in [7, 11) is -4.54. The molecule has 2 aromatic rings. The van der Waals surface area contributed by atoms with Crippen LogP contribution < -0.4 is 14.8 Å². The van der Waals surface area contributed by atoms with Crippen molar-refractivity contribution in [2.24, 2.45) is 0 Å². The lowest BCUT2D eigenvalue weighted by Crippen LogP contribution is -2.36. The van der Waals surface area contributed by atoms with Crippen LogP contribution in [0, 0.1) is 0 Å². The molecule has 1 fully saturated rings. The first-order valence-electron chi connectivity index (χ1n) is 14.4. The number of thioether (sulfide) groups is 1. The van der Waals surface area contributed by atoms with Gasteiger partial charge in [-0.3, -0.25) is 4.55 Å². The number of rotatable bonds is 16. The van der Waals surface area contributed by atoms with Crippen molar-refractivity contribution in [3.05, 3.63) is 63.9 Å². The van der Waals surface area contributed by atoms with Gasteiger partial charge in [-0.25, -0.2) is 0 Å². The number of thiazole rings is 1. The Morgan fingerprint density at radius 2 is 1.93 bits per heavy atom. The molecule has 2 heterocycles. The van der Waals surface area contributed by atoms with Crippen molar-refractivity contribution >= 4 is 59.6 Å². The Kier molecular flexibility index (Phi) is 12.0. The van der Waals surface area contributed by atoms with Gasteiger partial charge in [0.15, 0.2) is 6.54 Å². The van der Waals surface area contributed by atoms with Crippen molar-refractivity contribution in [3.8, 4) is 5.75 Å². The van der Waals surface area contributed by atoms with Gasteiger partial charge >= 0.3 is 0 Å². The lowest BCUT2D eigenvalue weighted by atomic mass is 10.1. The third-order valence-electron chi connectivity index (χ3n) is 7.13. The number of allylic oxidation sites excluding steroid dienone is 3. The molecule has 0 amide bonds. The van der Waals surface area contributed by atoms with E-state index >= 15 is 0 Å². The summed E-state index contributed by atoms with van der Waals surface area (Å²) in [5.74, 6) is 1.01. The molecular weight excluding hydrogens is 647 g/mol. The van der Waals surface area contributed by atoms with Crippen molar-refractivity contribution in [1.29, 1.82) is 0 Å². The van der Waals surface area contributed by atoms with Gasteiger partial charge in [0.25, 0.3) is 25.2 Å². The van der Waals surface area contributed by atoms with Crippen LogP contribution in [0.1, 0.15) is 38.1 Å². The molecule has 2 unspecified atom stereocenters. The van der Waals surface area contributed by atoms with E-state index in [0.29, 0.717) is 31.8 Å². The van der Waals surface area contributed by atoms with E-state index in [-0.39, 0.29) is 29.2 Å². The molecule has 242 valence electrons. The van der Waals surface area contributed by atoms with E-state index in [2.05, 4.69) is 40.1 Å². The maximum Gasteiger partial charge on any atom is 0.283 e. The van der Waals surface area contributed by atoms with Gasteiger partial charge in [-0.2, -0.15) is 31.2 Å². The molecule has 2 N–H and O–H groups in total. The Morgan fingerprint density at radius 3 is 2.61 bits per heavy atom. The van der Waals surface area contributed by atoms with Crippen LogP contribution in [0.15, 0.2) is 58.9 Å². The van der Waals surface area contributed by atoms with Gasteiger partial charge in [-0.15, -0.1) is 0 Å². The van der Waals surface area contributed by atoms with Crippen LogP contribution in [-0.2, 0) is 35.8 Å². The highest BCUT2D eigenvalue weighted by Crippen LogP contribution is 2.43. The second-order valence-electron chi connectivity index (χ2n) is 10.2. The number of benzene rings is 1. The molecule has 1 aliphatic carbocycles. The smallest absolute Gasteiger partial charge is 0.283 e. The quantitative estimate of drug-likeness (QED) is 0.149. The summed E-state index contributed by atoms with van der Waals surface area (Å²) in [4.78, 5) is 2.17. The maximum atomic E-state index is 12.3. The Labute approximate surface area is 268 Å². The normalized spacial score (nSPS) is 19.9. The van der Waals surface area contributed by atoms with E-state index in [4.69, 9.17) is 13.8 Å². The lowest BCUT2D eigenvalue weighted by molar-refractivity contribution is -0.668. The SMILES string of the molecule is CCNOS(=O)(=O)CCC[n+]1c(/C=C(\C=C2\SC3C=CC(OC)=CC3N2CCCS(=O)(=O)O)CC)sc2ccc(OC)cc21. The summed E-state index contributed by atoms with van der Waals surface area (Å²) in [5, 5.41) is 2.10. The third kappa shape index (κ3) is 9.08. The first-order valence-corrected chi connectivity index (χ1v) is 19.2. The standard InChI is InChI=1S/C29H39N3O8S4/c1-5-21(17-28-31(13-7-15-43(33,34)35)24-19-22(38-3)9-11-26(24)41-28)18-29-32(14-8-16-44(36,37)40-30-6-2)25-20-23(39-4)10-12-27(25)42-29/h9-12,17-20,24,26,30H,5-8,13-16H2,1-4H3/p+1. The molecule has 4 rings (SSSR count). The summed E-state index contributed by atoms with van der Waals surface area (Å²) in [6.07, 6.45) is 11.7. The average molecular weight is 687 g/mol. The molecule has 11 nitrogen and oxygen atoms in total. The summed E-state index contributed by atoms with van der Waals surface area (Å²) in [6, 6.07) is 5.85. The van der Waals surface area contributed by atoms with Crippen molar-refractivity contribution in [1.82, 2.24) is 10.4 Å². The molecule has 1 aromatic heterocycles. The highest BCUT2D eigenvalue weighted by molar-refractivity contribution is 8.04. The van der Waals surface area contributed by atoms with Crippen LogP contribution in [0.25, 0.3) is 16.3 Å². The van der Waals surface area contributed by atoms with Crippen LogP contribution in [0.3, 0.4) is 0 Å². The lowest BCUT2D eigenvalue weighted by Gasteiger charge is -2.28. The van der Waals surface area contributed by atoms with Crippen LogP contribution in [0.2, 0.25) is 0 Å². The molecule has 2 aliphatic rings. The number of hydrogen-bond donors (Lipinski definition) is 2. The van der Waals surface area contributed by atoms with Crippen molar-refractivity contribution in [2.45, 2.75) is 50.9 Å². The molecule has 0 spiro atoms. The number of methoxy groups -OCH3 is 2. The largest absolute Gasteiger partial charge is 0.497 e. The zero-order chi connectivity index (χ0) is 31.9. The van der Waals surface area contributed by atoms with Crippen LogP contribution >= 0.6 is 23.1 Å². The average Bonchev–Trinajstić information content (AvgIpc) is 3.50. The molecule has 44 heavy (non-hydrogen) atoms. The Hall–Kier alpha value is -2.40. The molecule has 1 aromatic carbocycles. The number of nitrogens with one attached hydrogen (secondary N) is 1. The van der Waals surface area contributed by atoms with Crippen LogP contribution in [0.4, 0.5) is 0 Å². The summed E-state index contributed by atoms with van der Waals surface area (Å²) < 4.78 is 75.7. The summed E-state index contributed by atoms with van der Waals surface area (Å²) in [5.41, 5.74) is 4.42. The van der Waals surface area contributed by atoms with E-state index < -0.39 is 20.2 Å². The fourth-order valence-electron chi connectivity index (χ4n) is 4.98. The fraction of sp³-hybridized carbons (Fsp3) is 0.483. The predicted octanol–water partition coefficient (Wildman–Crippen LogP) is 4.26. The molecule has 0 saturated carbocycles. The Bertz CT molecular complexity index is 1660. The van der Waals surface area contributed by atoms with Crippen molar-refractivity contribution in [2.75, 3.05) is 38.8 Å². The molecule has 1 saturated heterocycles. The second-order valence-corrected chi connectivity index (χ2v) is 15.7. The first kappa shape index (κ1) is 34.5. The minimum atomic E-state index is -4.07. The highest BCUT2D eigenvalue weighted by atomic mass is 32.2. The van der Waals surface area contributed by atoms with E-state index in [0.717, 1.165) is 38.0 Å². The van der Waals surface area contributed by atoms with E-state index in [1.165, 1.54) is 0 Å². The van der Waals surface area contributed by atoms with Gasteiger partial charge in [0.2, 0.25) is 5.52 Å². The minimum absolute atomic E-state index is 0.0150. The minimum Gasteiger partial charge on any atom is -0.497 e.